The third-order valence-electron chi connectivity index (χ3n) is 4.18. The zero-order valence-corrected chi connectivity index (χ0v) is 15.8. The second-order valence-corrected chi connectivity index (χ2v) is 7.19. The van der Waals surface area contributed by atoms with E-state index in [1.54, 1.807) is 6.07 Å². The lowest BCUT2D eigenvalue weighted by molar-refractivity contribution is 0.296. The van der Waals surface area contributed by atoms with Gasteiger partial charge in [-0.15, -0.1) is 10.2 Å². The molecule has 0 atom stereocenters. The van der Waals surface area contributed by atoms with Gasteiger partial charge < -0.3 is 9.52 Å². The van der Waals surface area contributed by atoms with Gasteiger partial charge in [0.05, 0.1) is 11.9 Å². The normalized spacial score (nSPS) is 11.2. The Labute approximate surface area is 165 Å². The number of rotatable bonds is 7. The maximum atomic E-state index is 12.9. The first-order valence-corrected chi connectivity index (χ1v) is 9.86. The van der Waals surface area contributed by atoms with Gasteiger partial charge in [0.25, 0.3) is 16.7 Å². The number of fused-ring (bicyclic) bond motifs is 1. The van der Waals surface area contributed by atoms with Crippen molar-refractivity contribution in [1.29, 1.82) is 0 Å². The molecule has 4 rings (SSSR count). The maximum absolute atomic E-state index is 12.9. The SMILES string of the molecule is O=c1c2ccccc2c(-c2nnc(SCCCO)o2)nn1Cc1ccccc1. The number of aliphatic hydroxyl groups excluding tert-OH is 1. The molecular weight excluding hydrogens is 376 g/mol. The molecule has 142 valence electrons. The predicted molar refractivity (Wildman–Crippen MR) is 107 cm³/mol. The fraction of sp³-hybridized carbons (Fsp3) is 0.200. The molecule has 0 saturated carbocycles. The summed E-state index contributed by atoms with van der Waals surface area (Å²) in [6.07, 6.45) is 0.644. The van der Waals surface area contributed by atoms with Crippen LogP contribution in [0.3, 0.4) is 0 Å². The molecule has 1 N–H and O–H groups in total. The van der Waals surface area contributed by atoms with Crippen molar-refractivity contribution in [2.24, 2.45) is 0 Å². The van der Waals surface area contributed by atoms with Gasteiger partial charge in [0.2, 0.25) is 0 Å². The van der Waals surface area contributed by atoms with Crippen LogP contribution < -0.4 is 5.56 Å². The minimum Gasteiger partial charge on any atom is -0.410 e. The van der Waals surface area contributed by atoms with Crippen LogP contribution in [0.25, 0.3) is 22.4 Å². The van der Waals surface area contributed by atoms with Crippen LogP contribution in [-0.2, 0) is 6.54 Å². The molecule has 4 aromatic rings. The molecule has 0 aliphatic carbocycles. The Morgan fingerprint density at radius 1 is 1.00 bits per heavy atom. The van der Waals surface area contributed by atoms with Gasteiger partial charge in [-0.3, -0.25) is 4.79 Å². The van der Waals surface area contributed by atoms with Gasteiger partial charge >= 0.3 is 0 Å². The van der Waals surface area contributed by atoms with Gasteiger partial charge in [-0.1, -0.05) is 60.3 Å². The van der Waals surface area contributed by atoms with Crippen LogP contribution in [0.1, 0.15) is 12.0 Å². The Bertz CT molecular complexity index is 1140. The lowest BCUT2D eigenvalue weighted by Gasteiger charge is -2.09. The minimum atomic E-state index is -0.166. The van der Waals surface area contributed by atoms with E-state index >= 15 is 0 Å². The minimum absolute atomic E-state index is 0.116. The highest BCUT2D eigenvalue weighted by atomic mass is 32.2. The molecule has 7 nitrogen and oxygen atoms in total. The Morgan fingerprint density at radius 2 is 1.75 bits per heavy atom. The Morgan fingerprint density at radius 3 is 2.54 bits per heavy atom. The highest BCUT2D eigenvalue weighted by Gasteiger charge is 2.17. The average molecular weight is 394 g/mol. The second kappa shape index (κ2) is 8.37. The summed E-state index contributed by atoms with van der Waals surface area (Å²) >= 11 is 1.38. The van der Waals surface area contributed by atoms with Gasteiger partial charge in [0, 0.05) is 17.7 Å². The van der Waals surface area contributed by atoms with Crippen LogP contribution in [-0.4, -0.2) is 37.4 Å². The molecule has 0 unspecified atom stereocenters. The van der Waals surface area contributed by atoms with E-state index < -0.39 is 0 Å². The first-order valence-electron chi connectivity index (χ1n) is 8.87. The van der Waals surface area contributed by atoms with Gasteiger partial charge in [0.1, 0.15) is 0 Å². The van der Waals surface area contributed by atoms with Crippen molar-refractivity contribution in [3.8, 4) is 11.6 Å². The first kappa shape index (κ1) is 18.4. The summed E-state index contributed by atoms with van der Waals surface area (Å²) in [5.41, 5.74) is 1.29. The molecular formula is C20H18N4O3S. The van der Waals surface area contributed by atoms with E-state index in [-0.39, 0.29) is 18.1 Å². The summed E-state index contributed by atoms with van der Waals surface area (Å²) in [6, 6.07) is 17.0. The molecule has 0 aliphatic heterocycles. The summed E-state index contributed by atoms with van der Waals surface area (Å²) in [4.78, 5) is 12.9. The zero-order valence-electron chi connectivity index (χ0n) is 15.0. The van der Waals surface area contributed by atoms with Crippen molar-refractivity contribution < 1.29 is 9.52 Å². The van der Waals surface area contributed by atoms with E-state index in [1.807, 2.05) is 48.5 Å². The largest absolute Gasteiger partial charge is 0.410 e. The van der Waals surface area contributed by atoms with E-state index in [4.69, 9.17) is 9.52 Å². The molecule has 0 amide bonds. The molecule has 28 heavy (non-hydrogen) atoms. The molecule has 0 saturated heterocycles. The van der Waals surface area contributed by atoms with Crippen LogP contribution in [0, 0.1) is 0 Å². The van der Waals surface area contributed by atoms with Crippen molar-refractivity contribution in [3.63, 3.8) is 0 Å². The van der Waals surface area contributed by atoms with E-state index in [0.29, 0.717) is 40.4 Å². The van der Waals surface area contributed by atoms with Gasteiger partial charge in [0.15, 0.2) is 5.69 Å². The smallest absolute Gasteiger partial charge is 0.276 e. The molecule has 0 fully saturated rings. The van der Waals surface area contributed by atoms with E-state index in [2.05, 4.69) is 15.3 Å². The van der Waals surface area contributed by atoms with Crippen LogP contribution in [0.5, 0.6) is 0 Å². The number of hydrogen-bond donors (Lipinski definition) is 1. The Balaban J connectivity index is 1.77. The molecule has 0 bridgehead atoms. The third-order valence-corrected chi connectivity index (χ3v) is 5.08. The quantitative estimate of drug-likeness (QED) is 0.380. The number of nitrogens with zero attached hydrogens (tertiary/aromatic N) is 4. The highest BCUT2D eigenvalue weighted by Crippen LogP contribution is 2.26. The Kier molecular flexibility index (Phi) is 5.50. The number of thioether (sulfide) groups is 1. The topological polar surface area (TPSA) is 94.0 Å². The summed E-state index contributed by atoms with van der Waals surface area (Å²) in [7, 11) is 0. The van der Waals surface area contributed by atoms with Crippen molar-refractivity contribution in [1.82, 2.24) is 20.0 Å². The number of aliphatic hydroxyl groups is 1. The van der Waals surface area contributed by atoms with Crippen LogP contribution in [0.4, 0.5) is 0 Å². The fourth-order valence-electron chi connectivity index (χ4n) is 2.84. The molecule has 0 aliphatic rings. The van der Waals surface area contributed by atoms with Crippen molar-refractivity contribution in [2.75, 3.05) is 12.4 Å². The first-order chi connectivity index (χ1) is 13.8. The number of hydrogen-bond acceptors (Lipinski definition) is 7. The molecule has 0 spiro atoms. The lowest BCUT2D eigenvalue weighted by Crippen LogP contribution is -2.24. The average Bonchev–Trinajstić information content (AvgIpc) is 3.20. The van der Waals surface area contributed by atoms with E-state index in [1.165, 1.54) is 16.4 Å². The van der Waals surface area contributed by atoms with Gasteiger partial charge in [-0.25, -0.2) is 4.68 Å². The van der Waals surface area contributed by atoms with Crippen molar-refractivity contribution in [2.45, 2.75) is 18.2 Å². The standard InChI is InChI=1S/C20H18N4O3S/c25-11-6-12-28-20-22-21-18(27-20)17-15-9-4-5-10-16(15)19(26)24(23-17)13-14-7-2-1-3-8-14/h1-5,7-10,25H,6,11-13H2. The summed E-state index contributed by atoms with van der Waals surface area (Å²) in [5.74, 6) is 0.948. The predicted octanol–water partition coefficient (Wildman–Crippen LogP) is 2.97. The maximum Gasteiger partial charge on any atom is 0.276 e. The summed E-state index contributed by atoms with van der Waals surface area (Å²) in [6.45, 7) is 0.467. The summed E-state index contributed by atoms with van der Waals surface area (Å²) in [5, 5.41) is 23.2. The van der Waals surface area contributed by atoms with Gasteiger partial charge in [-0.05, 0) is 18.1 Å². The summed E-state index contributed by atoms with van der Waals surface area (Å²) < 4.78 is 7.18. The van der Waals surface area contributed by atoms with Crippen LogP contribution in [0.2, 0.25) is 0 Å². The van der Waals surface area contributed by atoms with E-state index in [0.717, 1.165) is 5.56 Å². The Hall–Kier alpha value is -2.97. The van der Waals surface area contributed by atoms with Crippen molar-refractivity contribution in [3.05, 3.63) is 70.5 Å². The molecule has 0 radical (unpaired) electrons. The highest BCUT2D eigenvalue weighted by molar-refractivity contribution is 7.99. The lowest BCUT2D eigenvalue weighted by atomic mass is 10.1. The van der Waals surface area contributed by atoms with Crippen LogP contribution >= 0.6 is 11.8 Å². The van der Waals surface area contributed by atoms with Crippen molar-refractivity contribution >= 4 is 22.5 Å². The van der Waals surface area contributed by atoms with Gasteiger partial charge in [-0.2, -0.15) is 5.10 Å². The fourth-order valence-corrected chi connectivity index (χ4v) is 3.53. The molecule has 2 aromatic heterocycles. The zero-order chi connectivity index (χ0) is 19.3. The molecule has 2 heterocycles. The third kappa shape index (κ3) is 3.83. The monoisotopic (exact) mass is 394 g/mol. The van der Waals surface area contributed by atoms with E-state index in [9.17, 15) is 4.79 Å². The second-order valence-electron chi connectivity index (χ2n) is 6.14. The number of aromatic nitrogens is 4. The molecule has 8 heteroatoms. The molecule has 2 aromatic carbocycles. The number of benzene rings is 2. The van der Waals surface area contributed by atoms with Crippen LogP contribution in [0.15, 0.2) is 69.0 Å².